The molecule has 1 amide bonds. The lowest BCUT2D eigenvalue weighted by Crippen LogP contribution is -2.25. The average molecular weight is 409 g/mol. The highest BCUT2D eigenvalue weighted by atomic mass is 32.2. The molecule has 4 rings (SSSR count). The van der Waals surface area contributed by atoms with Crippen molar-refractivity contribution in [2.75, 3.05) is 12.4 Å². The third-order valence-electron chi connectivity index (χ3n) is 4.82. The topological polar surface area (TPSA) is 69.0 Å². The maximum Gasteiger partial charge on any atom is 0.230 e. The zero-order chi connectivity index (χ0) is 19.9. The summed E-state index contributed by atoms with van der Waals surface area (Å²) in [4.78, 5) is 21.1. The van der Waals surface area contributed by atoms with Crippen molar-refractivity contribution in [2.45, 2.75) is 37.2 Å². The summed E-state index contributed by atoms with van der Waals surface area (Å²) in [6.45, 7) is 2.00. The number of hydrogen-bond donors (Lipinski definition) is 1. The molecular weight excluding hydrogens is 384 g/mol. The molecule has 7 heteroatoms. The van der Waals surface area contributed by atoms with Crippen LogP contribution in [0.3, 0.4) is 0 Å². The number of nitrogens with zero attached hydrogens (tertiary/aromatic N) is 3. The van der Waals surface area contributed by atoms with E-state index in [4.69, 9.17) is 4.74 Å². The SMILES string of the molecule is O=C(CSc1ncc(-c2ccccc2)n1CC1CCCO1)NCc1ccccn1. The van der Waals surface area contributed by atoms with E-state index in [2.05, 4.69) is 32.0 Å². The zero-order valence-electron chi connectivity index (χ0n) is 16.2. The first kappa shape index (κ1) is 19.7. The number of benzene rings is 1. The Morgan fingerprint density at radius 2 is 2.03 bits per heavy atom. The number of imidazole rings is 1. The van der Waals surface area contributed by atoms with E-state index in [-0.39, 0.29) is 12.0 Å². The Bertz CT molecular complexity index is 925. The van der Waals surface area contributed by atoms with Crippen LogP contribution in [0.1, 0.15) is 18.5 Å². The smallest absolute Gasteiger partial charge is 0.230 e. The number of amides is 1. The minimum Gasteiger partial charge on any atom is -0.376 e. The molecule has 1 saturated heterocycles. The molecule has 3 heterocycles. The van der Waals surface area contributed by atoms with Gasteiger partial charge < -0.3 is 14.6 Å². The zero-order valence-corrected chi connectivity index (χ0v) is 17.0. The molecule has 3 aromatic rings. The molecule has 1 aliphatic heterocycles. The molecule has 1 N–H and O–H groups in total. The normalized spacial score (nSPS) is 16.1. The van der Waals surface area contributed by atoms with Crippen LogP contribution in [0.25, 0.3) is 11.3 Å². The van der Waals surface area contributed by atoms with Crippen LogP contribution in [0.4, 0.5) is 0 Å². The van der Waals surface area contributed by atoms with Gasteiger partial charge in [0.1, 0.15) is 0 Å². The van der Waals surface area contributed by atoms with Crippen LogP contribution in [-0.2, 0) is 22.6 Å². The molecule has 1 fully saturated rings. The summed E-state index contributed by atoms with van der Waals surface area (Å²) in [5.41, 5.74) is 3.01. The Balaban J connectivity index is 1.43. The summed E-state index contributed by atoms with van der Waals surface area (Å²) in [6.07, 6.45) is 5.96. The first-order chi connectivity index (χ1) is 14.3. The van der Waals surface area contributed by atoms with Crippen LogP contribution in [-0.4, -0.2) is 38.9 Å². The summed E-state index contributed by atoms with van der Waals surface area (Å²) >= 11 is 1.45. The first-order valence-corrected chi connectivity index (χ1v) is 10.8. The van der Waals surface area contributed by atoms with Gasteiger partial charge in [0.05, 0.1) is 42.5 Å². The lowest BCUT2D eigenvalue weighted by Gasteiger charge is -2.16. The maximum absolute atomic E-state index is 12.3. The summed E-state index contributed by atoms with van der Waals surface area (Å²) in [5.74, 6) is 0.275. The van der Waals surface area contributed by atoms with E-state index in [9.17, 15) is 4.79 Å². The van der Waals surface area contributed by atoms with Crippen LogP contribution >= 0.6 is 11.8 Å². The molecule has 29 heavy (non-hydrogen) atoms. The van der Waals surface area contributed by atoms with Crippen LogP contribution < -0.4 is 5.32 Å². The molecule has 6 nitrogen and oxygen atoms in total. The number of pyridine rings is 1. The predicted octanol–water partition coefficient (Wildman–Crippen LogP) is 3.53. The van der Waals surface area contributed by atoms with Crippen molar-refractivity contribution in [3.05, 3.63) is 66.6 Å². The van der Waals surface area contributed by atoms with Crippen molar-refractivity contribution in [2.24, 2.45) is 0 Å². The molecular formula is C22H24N4O2S. The molecule has 1 unspecified atom stereocenters. The lowest BCUT2D eigenvalue weighted by molar-refractivity contribution is -0.118. The minimum atomic E-state index is -0.0337. The van der Waals surface area contributed by atoms with Gasteiger partial charge in [0.15, 0.2) is 5.16 Å². The largest absolute Gasteiger partial charge is 0.376 e. The van der Waals surface area contributed by atoms with E-state index >= 15 is 0 Å². The van der Waals surface area contributed by atoms with Gasteiger partial charge in [-0.2, -0.15) is 0 Å². The molecule has 1 aromatic carbocycles. The highest BCUT2D eigenvalue weighted by molar-refractivity contribution is 7.99. The molecule has 0 radical (unpaired) electrons. The van der Waals surface area contributed by atoms with Gasteiger partial charge in [0.25, 0.3) is 0 Å². The van der Waals surface area contributed by atoms with Crippen LogP contribution in [0.5, 0.6) is 0 Å². The van der Waals surface area contributed by atoms with E-state index in [1.54, 1.807) is 6.20 Å². The number of hydrogen-bond acceptors (Lipinski definition) is 5. The van der Waals surface area contributed by atoms with Gasteiger partial charge in [-0.3, -0.25) is 9.78 Å². The molecule has 0 bridgehead atoms. The second-order valence-electron chi connectivity index (χ2n) is 6.92. The van der Waals surface area contributed by atoms with Gasteiger partial charge in [-0.05, 0) is 30.5 Å². The van der Waals surface area contributed by atoms with E-state index in [1.807, 2.05) is 42.6 Å². The first-order valence-electron chi connectivity index (χ1n) is 9.81. The van der Waals surface area contributed by atoms with Crippen molar-refractivity contribution in [1.82, 2.24) is 19.9 Å². The molecule has 0 aliphatic carbocycles. The second-order valence-corrected chi connectivity index (χ2v) is 7.87. The Morgan fingerprint density at radius 1 is 1.17 bits per heavy atom. The Labute approximate surface area is 174 Å². The fourth-order valence-electron chi connectivity index (χ4n) is 3.35. The van der Waals surface area contributed by atoms with Crippen LogP contribution in [0, 0.1) is 0 Å². The number of carbonyl (C=O) groups is 1. The van der Waals surface area contributed by atoms with Crippen molar-refractivity contribution in [1.29, 1.82) is 0 Å². The third-order valence-corrected chi connectivity index (χ3v) is 5.81. The van der Waals surface area contributed by atoms with Crippen molar-refractivity contribution in [3.63, 3.8) is 0 Å². The number of aromatic nitrogens is 3. The molecule has 150 valence electrons. The van der Waals surface area contributed by atoms with Gasteiger partial charge in [0, 0.05) is 12.8 Å². The summed E-state index contributed by atoms with van der Waals surface area (Å²) in [5, 5.41) is 3.76. The maximum atomic E-state index is 12.3. The van der Waals surface area contributed by atoms with Crippen molar-refractivity contribution >= 4 is 17.7 Å². The highest BCUT2D eigenvalue weighted by Crippen LogP contribution is 2.28. The average Bonchev–Trinajstić information content (AvgIpc) is 3.42. The fraction of sp³-hybridized carbons (Fsp3) is 0.318. The molecule has 1 atom stereocenters. The predicted molar refractivity (Wildman–Crippen MR) is 113 cm³/mol. The van der Waals surface area contributed by atoms with Crippen LogP contribution in [0.15, 0.2) is 66.1 Å². The van der Waals surface area contributed by atoms with E-state index < -0.39 is 0 Å². The Hall–Kier alpha value is -2.64. The van der Waals surface area contributed by atoms with Gasteiger partial charge >= 0.3 is 0 Å². The Morgan fingerprint density at radius 3 is 2.79 bits per heavy atom. The second kappa shape index (κ2) is 9.71. The minimum absolute atomic E-state index is 0.0337. The standard InChI is InChI=1S/C22H24N4O2S/c27-21(24-13-18-9-4-5-11-23-18)16-29-22-25-14-20(17-7-2-1-3-8-17)26(22)15-19-10-6-12-28-19/h1-5,7-9,11,14,19H,6,10,12-13,15-16H2,(H,24,27). The van der Waals surface area contributed by atoms with Gasteiger partial charge in [0.2, 0.25) is 5.91 Å². The van der Waals surface area contributed by atoms with Gasteiger partial charge in [-0.25, -0.2) is 4.98 Å². The lowest BCUT2D eigenvalue weighted by atomic mass is 10.1. The Kier molecular flexibility index (Phi) is 6.59. The van der Waals surface area contributed by atoms with E-state index in [0.717, 1.165) is 48.1 Å². The number of carbonyl (C=O) groups excluding carboxylic acids is 1. The van der Waals surface area contributed by atoms with Crippen molar-refractivity contribution < 1.29 is 9.53 Å². The van der Waals surface area contributed by atoms with Gasteiger partial charge in [-0.1, -0.05) is 48.2 Å². The van der Waals surface area contributed by atoms with Crippen LogP contribution in [0.2, 0.25) is 0 Å². The quantitative estimate of drug-likeness (QED) is 0.578. The summed E-state index contributed by atoms with van der Waals surface area (Å²) < 4.78 is 8.02. The molecule has 2 aromatic heterocycles. The number of ether oxygens (including phenoxy) is 1. The third kappa shape index (κ3) is 5.25. The molecule has 0 saturated carbocycles. The highest BCUT2D eigenvalue weighted by Gasteiger charge is 2.21. The number of nitrogens with one attached hydrogen (secondary N) is 1. The van der Waals surface area contributed by atoms with E-state index in [1.165, 1.54) is 11.8 Å². The summed E-state index contributed by atoms with van der Waals surface area (Å²) in [6, 6.07) is 15.9. The number of rotatable bonds is 8. The van der Waals surface area contributed by atoms with Gasteiger partial charge in [-0.15, -0.1) is 0 Å². The fourth-order valence-corrected chi connectivity index (χ4v) is 4.17. The monoisotopic (exact) mass is 408 g/mol. The van der Waals surface area contributed by atoms with E-state index in [0.29, 0.717) is 12.3 Å². The summed E-state index contributed by atoms with van der Waals surface area (Å²) in [7, 11) is 0. The number of thioether (sulfide) groups is 1. The molecule has 1 aliphatic rings. The van der Waals surface area contributed by atoms with Crippen molar-refractivity contribution in [3.8, 4) is 11.3 Å². The molecule has 0 spiro atoms.